The summed E-state index contributed by atoms with van der Waals surface area (Å²) in [7, 11) is 1.44. The summed E-state index contributed by atoms with van der Waals surface area (Å²) in [5.41, 5.74) is 1.32. The number of nitrogens with zero attached hydrogens (tertiary/aromatic N) is 2. The van der Waals surface area contributed by atoms with Gasteiger partial charge in [-0.1, -0.05) is 23.7 Å². The minimum atomic E-state index is -0.657. The molecule has 2 aromatic carbocycles. The molecule has 0 atom stereocenters. The summed E-state index contributed by atoms with van der Waals surface area (Å²) in [6, 6.07) is 14.2. The van der Waals surface area contributed by atoms with Crippen LogP contribution in [0.2, 0.25) is 5.02 Å². The van der Waals surface area contributed by atoms with Gasteiger partial charge in [0.15, 0.2) is 0 Å². The maximum absolute atomic E-state index is 12.6. The molecule has 0 saturated carbocycles. The number of methoxy groups -OCH3 is 1. The van der Waals surface area contributed by atoms with Crippen LogP contribution in [-0.2, 0) is 4.79 Å². The van der Waals surface area contributed by atoms with Crippen molar-refractivity contribution in [2.24, 2.45) is 0 Å². The molecule has 0 bridgehead atoms. The number of nitro benzene ring substituents is 1. The minimum absolute atomic E-state index is 0.0738. The lowest BCUT2D eigenvalue weighted by atomic mass is 10.1. The van der Waals surface area contributed by atoms with Crippen molar-refractivity contribution in [2.45, 2.75) is 6.92 Å². The van der Waals surface area contributed by atoms with Crippen LogP contribution >= 0.6 is 11.6 Å². The minimum Gasteiger partial charge on any atom is -0.495 e. The smallest absolute Gasteiger partial charge is 0.270 e. The molecule has 1 aromatic heterocycles. The van der Waals surface area contributed by atoms with Crippen LogP contribution in [0, 0.1) is 28.4 Å². The Hall–Kier alpha value is -4.09. The zero-order chi connectivity index (χ0) is 22.5. The van der Waals surface area contributed by atoms with E-state index in [4.69, 9.17) is 20.8 Å². The highest BCUT2D eigenvalue weighted by atomic mass is 35.5. The van der Waals surface area contributed by atoms with Crippen LogP contribution in [-0.4, -0.2) is 17.9 Å². The van der Waals surface area contributed by atoms with E-state index in [-0.39, 0.29) is 17.0 Å². The summed E-state index contributed by atoms with van der Waals surface area (Å²) in [4.78, 5) is 23.1. The van der Waals surface area contributed by atoms with Crippen LogP contribution in [0.25, 0.3) is 17.4 Å². The first kappa shape index (κ1) is 21.6. The van der Waals surface area contributed by atoms with Gasteiger partial charge >= 0.3 is 0 Å². The molecule has 0 radical (unpaired) electrons. The molecule has 156 valence electrons. The van der Waals surface area contributed by atoms with Crippen LogP contribution in [0.1, 0.15) is 11.3 Å². The van der Waals surface area contributed by atoms with E-state index in [1.54, 1.807) is 43.3 Å². The third kappa shape index (κ3) is 4.91. The topological polar surface area (TPSA) is 118 Å². The summed E-state index contributed by atoms with van der Waals surface area (Å²) in [5.74, 6) is 0.304. The fourth-order valence-corrected chi connectivity index (χ4v) is 2.92. The van der Waals surface area contributed by atoms with Crippen LogP contribution in [0.3, 0.4) is 0 Å². The number of benzene rings is 2. The van der Waals surface area contributed by atoms with E-state index in [1.165, 1.54) is 25.3 Å². The molecule has 0 saturated heterocycles. The van der Waals surface area contributed by atoms with E-state index in [0.717, 1.165) is 5.56 Å². The lowest BCUT2D eigenvalue weighted by molar-refractivity contribution is -0.384. The Labute approximate surface area is 182 Å². The Morgan fingerprint density at radius 3 is 2.74 bits per heavy atom. The molecule has 0 aliphatic carbocycles. The second-order valence-corrected chi connectivity index (χ2v) is 6.84. The molecule has 0 aliphatic heterocycles. The first-order valence-corrected chi connectivity index (χ1v) is 9.32. The highest BCUT2D eigenvalue weighted by Crippen LogP contribution is 2.31. The summed E-state index contributed by atoms with van der Waals surface area (Å²) in [6.45, 7) is 1.77. The molecule has 0 fully saturated rings. The molecule has 0 unspecified atom stereocenters. The molecule has 0 aliphatic rings. The number of aryl methyl sites for hydroxylation is 1. The van der Waals surface area contributed by atoms with Gasteiger partial charge in [0, 0.05) is 34.9 Å². The maximum Gasteiger partial charge on any atom is 0.270 e. The number of anilines is 1. The average molecular weight is 438 g/mol. The van der Waals surface area contributed by atoms with Gasteiger partial charge in [-0.05, 0) is 30.7 Å². The lowest BCUT2D eigenvalue weighted by Crippen LogP contribution is -2.14. The number of halogens is 1. The number of hydrogen-bond donors (Lipinski definition) is 1. The van der Waals surface area contributed by atoms with Crippen LogP contribution in [0.4, 0.5) is 11.4 Å². The van der Waals surface area contributed by atoms with Gasteiger partial charge in [0.1, 0.15) is 28.9 Å². The van der Waals surface area contributed by atoms with Crippen molar-refractivity contribution in [1.82, 2.24) is 0 Å². The van der Waals surface area contributed by atoms with Gasteiger partial charge in [-0.15, -0.1) is 0 Å². The van der Waals surface area contributed by atoms with E-state index in [1.807, 2.05) is 6.07 Å². The van der Waals surface area contributed by atoms with Crippen molar-refractivity contribution in [1.29, 1.82) is 5.26 Å². The molecule has 0 spiro atoms. The van der Waals surface area contributed by atoms with Gasteiger partial charge in [-0.3, -0.25) is 14.9 Å². The molecular weight excluding hydrogens is 422 g/mol. The predicted molar refractivity (Wildman–Crippen MR) is 116 cm³/mol. The van der Waals surface area contributed by atoms with Crippen molar-refractivity contribution in [3.63, 3.8) is 0 Å². The molecule has 1 heterocycles. The third-order valence-corrected chi connectivity index (χ3v) is 4.76. The number of nitriles is 1. The Morgan fingerprint density at radius 2 is 2.06 bits per heavy atom. The first-order valence-electron chi connectivity index (χ1n) is 8.94. The van der Waals surface area contributed by atoms with E-state index >= 15 is 0 Å². The van der Waals surface area contributed by atoms with Crippen molar-refractivity contribution in [3.05, 3.63) is 80.6 Å². The number of nitro groups is 1. The van der Waals surface area contributed by atoms with Gasteiger partial charge < -0.3 is 14.5 Å². The van der Waals surface area contributed by atoms with Crippen molar-refractivity contribution >= 4 is 35.0 Å². The molecule has 9 heteroatoms. The first-order chi connectivity index (χ1) is 14.8. The van der Waals surface area contributed by atoms with Gasteiger partial charge in [-0.2, -0.15) is 5.26 Å². The Balaban J connectivity index is 1.85. The van der Waals surface area contributed by atoms with Gasteiger partial charge in [-0.25, -0.2) is 0 Å². The zero-order valence-electron chi connectivity index (χ0n) is 16.5. The third-order valence-electron chi connectivity index (χ3n) is 4.35. The highest BCUT2D eigenvalue weighted by Gasteiger charge is 2.16. The molecule has 1 N–H and O–H groups in total. The van der Waals surface area contributed by atoms with E-state index in [2.05, 4.69) is 5.32 Å². The van der Waals surface area contributed by atoms with E-state index in [9.17, 15) is 20.2 Å². The predicted octanol–water partition coefficient (Wildman–Crippen LogP) is 5.37. The quantitative estimate of drug-likeness (QED) is 0.239. The SMILES string of the molecule is COc1cc(Cl)c(C)cc1NC(=O)/C(C#N)=C/c1ccc(-c2cccc([N+](=O)[O-])c2)o1. The monoisotopic (exact) mass is 437 g/mol. The summed E-state index contributed by atoms with van der Waals surface area (Å²) in [6.07, 6.45) is 1.28. The average Bonchev–Trinajstić information content (AvgIpc) is 3.23. The lowest BCUT2D eigenvalue weighted by Gasteiger charge is -2.11. The molecular formula is C22H16ClN3O5. The second-order valence-electron chi connectivity index (χ2n) is 6.44. The molecule has 1 amide bonds. The standard InChI is InChI=1S/C22H16ClN3O5/c1-13-8-19(21(30-2)11-18(13)23)25-22(27)15(12-24)10-17-6-7-20(31-17)14-4-3-5-16(9-14)26(28)29/h3-11H,1-2H3,(H,25,27)/b15-10+. The van der Waals surface area contributed by atoms with Crippen molar-refractivity contribution in [2.75, 3.05) is 12.4 Å². The van der Waals surface area contributed by atoms with Gasteiger partial charge in [0.25, 0.3) is 11.6 Å². The summed E-state index contributed by atoms with van der Waals surface area (Å²) >= 11 is 6.07. The van der Waals surface area contributed by atoms with Gasteiger partial charge in [0.2, 0.25) is 0 Å². The number of ether oxygens (including phenoxy) is 1. The largest absolute Gasteiger partial charge is 0.495 e. The molecule has 3 rings (SSSR count). The fraction of sp³-hybridized carbons (Fsp3) is 0.0909. The number of nitrogens with one attached hydrogen (secondary N) is 1. The number of rotatable bonds is 6. The van der Waals surface area contributed by atoms with Crippen molar-refractivity contribution < 1.29 is 18.9 Å². The molecule has 8 nitrogen and oxygen atoms in total. The number of amides is 1. The van der Waals surface area contributed by atoms with Crippen LogP contribution in [0.15, 0.2) is 58.5 Å². The maximum atomic E-state index is 12.6. The number of non-ortho nitro benzene ring substituents is 1. The van der Waals surface area contributed by atoms with E-state index in [0.29, 0.717) is 27.8 Å². The molecule has 3 aromatic rings. The summed E-state index contributed by atoms with van der Waals surface area (Å²) < 4.78 is 10.9. The number of furan rings is 1. The highest BCUT2D eigenvalue weighted by molar-refractivity contribution is 6.31. The molecule has 31 heavy (non-hydrogen) atoms. The normalized spacial score (nSPS) is 11.0. The number of carbonyl (C=O) groups excluding carboxylic acids is 1. The Bertz CT molecular complexity index is 1240. The fourth-order valence-electron chi connectivity index (χ4n) is 2.77. The van der Waals surface area contributed by atoms with E-state index < -0.39 is 10.8 Å². The van der Waals surface area contributed by atoms with Crippen molar-refractivity contribution in [3.8, 4) is 23.1 Å². The number of hydrogen-bond acceptors (Lipinski definition) is 6. The van der Waals surface area contributed by atoms with Gasteiger partial charge in [0.05, 0.1) is 17.7 Å². The Morgan fingerprint density at radius 1 is 1.29 bits per heavy atom. The number of carbonyl (C=O) groups is 1. The second kappa shape index (κ2) is 9.15. The zero-order valence-corrected chi connectivity index (χ0v) is 17.3. The Kier molecular flexibility index (Phi) is 6.38. The van der Waals surface area contributed by atoms with Crippen LogP contribution in [0.5, 0.6) is 5.75 Å². The summed E-state index contributed by atoms with van der Waals surface area (Å²) in [5, 5.41) is 23.5. The van der Waals surface area contributed by atoms with Crippen LogP contribution < -0.4 is 10.1 Å².